The Labute approximate surface area is 247 Å². The highest BCUT2D eigenvalue weighted by Crippen LogP contribution is 2.23. The average Bonchev–Trinajstić information content (AvgIpc) is 3.81. The highest BCUT2D eigenvalue weighted by Gasteiger charge is 2.18. The van der Waals surface area contributed by atoms with Gasteiger partial charge in [-0.3, -0.25) is 0 Å². The molecule has 2 aromatic carbocycles. The summed E-state index contributed by atoms with van der Waals surface area (Å²) in [5.74, 6) is 0.387. The third-order valence-electron chi connectivity index (χ3n) is 6.81. The van der Waals surface area contributed by atoms with Gasteiger partial charge in [0.2, 0.25) is 4.77 Å². The van der Waals surface area contributed by atoms with Crippen molar-refractivity contribution in [2.45, 2.75) is 0 Å². The molecule has 2 N–H and O–H groups in total. The Morgan fingerprint density at radius 3 is 1.90 bits per heavy atom. The van der Waals surface area contributed by atoms with Crippen LogP contribution in [0.15, 0.2) is 94.3 Å². The largest absolute Gasteiger partial charge is 0.345 e. The van der Waals surface area contributed by atoms with Crippen molar-refractivity contribution in [1.82, 2.24) is 24.0 Å². The third kappa shape index (κ3) is 4.69. The van der Waals surface area contributed by atoms with E-state index in [0.717, 1.165) is 33.6 Å². The smallest absolute Gasteiger partial charge is 0.248 e. The van der Waals surface area contributed by atoms with E-state index in [-0.39, 0.29) is 0 Å². The summed E-state index contributed by atoms with van der Waals surface area (Å²) in [6.07, 6.45) is 11.9. The number of aryl methyl sites for hydroxylation is 2. The zero-order valence-corrected chi connectivity index (χ0v) is 24.5. The molecule has 0 amide bonds. The van der Waals surface area contributed by atoms with E-state index in [2.05, 4.69) is 118 Å². The van der Waals surface area contributed by atoms with Gasteiger partial charge in [0, 0.05) is 21.9 Å². The number of nitrogens with one attached hydrogen (secondary N) is 2. The maximum atomic E-state index is 5.37. The van der Waals surface area contributed by atoms with Crippen LogP contribution in [-0.4, -0.2) is 36.4 Å². The van der Waals surface area contributed by atoms with E-state index in [4.69, 9.17) is 12.2 Å². The lowest BCUT2D eigenvalue weighted by atomic mass is 10.1. The molecule has 5 aromatic heterocycles. The number of anilines is 1. The molecular formula is C28H24N10S3+2. The first-order valence-corrected chi connectivity index (χ1v) is 14.8. The minimum absolute atomic E-state index is 0.362. The number of H-pyrrole nitrogens is 1. The quantitative estimate of drug-likeness (QED) is 0.119. The molecule has 0 aliphatic rings. The zero-order valence-electron chi connectivity index (χ0n) is 22.0. The molecule has 41 heavy (non-hydrogen) atoms. The Morgan fingerprint density at radius 1 is 0.829 bits per heavy atom. The Hall–Kier alpha value is -4.72. The summed E-state index contributed by atoms with van der Waals surface area (Å²) >= 11 is 8.80. The number of fused-ring (bicyclic) bond motifs is 2. The van der Waals surface area contributed by atoms with Crippen LogP contribution >= 0.6 is 34.9 Å². The second-order valence-electron chi connectivity index (χ2n) is 9.36. The van der Waals surface area contributed by atoms with Gasteiger partial charge >= 0.3 is 9.92 Å². The Kier molecular flexibility index (Phi) is 6.38. The van der Waals surface area contributed by atoms with Crippen molar-refractivity contribution in [2.75, 3.05) is 5.43 Å². The van der Waals surface area contributed by atoms with E-state index in [1.54, 1.807) is 35.1 Å². The summed E-state index contributed by atoms with van der Waals surface area (Å²) in [6, 6.07) is 16.5. The number of hydrazone groups is 1. The van der Waals surface area contributed by atoms with E-state index in [1.165, 1.54) is 14.6 Å². The van der Waals surface area contributed by atoms with Crippen molar-refractivity contribution in [3.05, 3.63) is 100.0 Å². The molecule has 0 bridgehead atoms. The molecule has 0 saturated carbocycles. The maximum Gasteiger partial charge on any atom is 0.345 e. The minimum atomic E-state index is 0.362. The van der Waals surface area contributed by atoms with E-state index < -0.39 is 0 Å². The summed E-state index contributed by atoms with van der Waals surface area (Å²) in [7, 11) is 4.16. The van der Waals surface area contributed by atoms with Crippen LogP contribution in [0.1, 0.15) is 11.1 Å². The van der Waals surface area contributed by atoms with Gasteiger partial charge in [0.15, 0.2) is 11.4 Å². The molecule has 0 aliphatic carbocycles. The average molecular weight is 597 g/mol. The van der Waals surface area contributed by atoms with Gasteiger partial charge in [0.05, 0.1) is 26.5 Å². The summed E-state index contributed by atoms with van der Waals surface area (Å²) in [6.45, 7) is 0. The SMILES string of the molecule is Cn1c(-c2ccc(C=NNc3n[nH]c(=S)n3N=Cc3ccc(-c4c[n+]5ccsc5n4C)cc3)cc2)c[n+]2ccsc12. The van der Waals surface area contributed by atoms with Gasteiger partial charge < -0.3 is 0 Å². The van der Waals surface area contributed by atoms with Crippen LogP contribution in [0.5, 0.6) is 0 Å². The fourth-order valence-corrected chi connectivity index (χ4v) is 6.47. The first-order chi connectivity index (χ1) is 20.0. The topological polar surface area (TPSA) is 88.4 Å². The number of hydrogen-bond donors (Lipinski definition) is 2. The summed E-state index contributed by atoms with van der Waals surface area (Å²) < 4.78 is 10.5. The van der Waals surface area contributed by atoms with Crippen LogP contribution in [0.3, 0.4) is 0 Å². The van der Waals surface area contributed by atoms with Crippen molar-refractivity contribution in [2.24, 2.45) is 24.3 Å². The van der Waals surface area contributed by atoms with E-state index in [9.17, 15) is 0 Å². The summed E-state index contributed by atoms with van der Waals surface area (Å²) in [4.78, 5) is 2.37. The normalized spacial score (nSPS) is 12.0. The molecule has 7 rings (SSSR count). The van der Waals surface area contributed by atoms with Crippen LogP contribution < -0.4 is 14.2 Å². The van der Waals surface area contributed by atoms with Crippen LogP contribution in [-0.2, 0) is 14.1 Å². The molecule has 5 heterocycles. The lowest BCUT2D eigenvalue weighted by Crippen LogP contribution is -2.12. The van der Waals surface area contributed by atoms with Crippen LogP contribution in [0.25, 0.3) is 32.4 Å². The highest BCUT2D eigenvalue weighted by atomic mass is 32.1. The van der Waals surface area contributed by atoms with Crippen LogP contribution in [0.2, 0.25) is 0 Å². The number of thiazole rings is 2. The number of imidazole rings is 2. The first-order valence-electron chi connectivity index (χ1n) is 12.7. The predicted octanol–water partition coefficient (Wildman–Crippen LogP) is 4.88. The lowest BCUT2D eigenvalue weighted by molar-refractivity contribution is -0.505. The van der Waals surface area contributed by atoms with Gasteiger partial charge in [-0.15, -0.1) is 5.10 Å². The maximum absolute atomic E-state index is 5.37. The number of aromatic amines is 1. The van der Waals surface area contributed by atoms with Crippen molar-refractivity contribution in [3.63, 3.8) is 0 Å². The highest BCUT2D eigenvalue weighted by molar-refractivity contribution is 7.71. The zero-order chi connectivity index (χ0) is 27.9. The number of benzene rings is 2. The molecule has 0 aliphatic heterocycles. The number of hydrogen-bond acceptors (Lipinski definition) is 7. The molecule has 0 fully saturated rings. The summed E-state index contributed by atoms with van der Waals surface area (Å²) in [5.41, 5.74) is 9.39. The second kappa shape index (κ2) is 10.4. The van der Waals surface area contributed by atoms with Gasteiger partial charge in [-0.05, 0) is 47.6 Å². The molecule has 0 radical (unpaired) electrons. The van der Waals surface area contributed by atoms with Gasteiger partial charge in [-0.2, -0.15) is 23.7 Å². The predicted molar refractivity (Wildman–Crippen MR) is 165 cm³/mol. The lowest BCUT2D eigenvalue weighted by Gasteiger charge is -2.01. The van der Waals surface area contributed by atoms with Crippen LogP contribution in [0, 0.1) is 4.77 Å². The van der Waals surface area contributed by atoms with Gasteiger partial charge in [-0.25, -0.2) is 19.7 Å². The number of nitrogens with zero attached hydrogens (tertiary/aromatic N) is 8. The summed E-state index contributed by atoms with van der Waals surface area (Å²) in [5, 5.41) is 20.0. The fraction of sp³-hybridized carbons (Fsp3) is 0.0714. The number of aromatic nitrogens is 7. The molecule has 7 aromatic rings. The first kappa shape index (κ1) is 25.3. The van der Waals surface area contributed by atoms with Crippen molar-refractivity contribution < 1.29 is 8.80 Å². The monoisotopic (exact) mass is 596 g/mol. The van der Waals surface area contributed by atoms with Crippen molar-refractivity contribution in [1.29, 1.82) is 0 Å². The third-order valence-corrected chi connectivity index (χ3v) is 8.99. The van der Waals surface area contributed by atoms with Crippen molar-refractivity contribution >= 4 is 63.2 Å². The molecule has 0 saturated heterocycles. The Bertz CT molecular complexity index is 2120. The number of rotatable bonds is 7. The minimum Gasteiger partial charge on any atom is -0.248 e. The second-order valence-corrected chi connectivity index (χ2v) is 11.5. The molecule has 13 heteroatoms. The standard InChI is InChI=1S/C28H23N10S3/c1-34-23(17-36-11-13-40-27(34)36)21-7-3-19(4-8-21)15-29-31-25-32-33-26(39)38(25)30-16-20-5-9-22(10-6-20)24-18-37-12-14-41-28(37)35(24)2/h3-18H,1-2H3,(H-,31,32,33,39)/q+1/p+1. The molecule has 0 unspecified atom stereocenters. The molecule has 0 spiro atoms. The van der Waals surface area contributed by atoms with Gasteiger partial charge in [0.1, 0.15) is 24.8 Å². The van der Waals surface area contributed by atoms with E-state index in [1.807, 2.05) is 24.3 Å². The van der Waals surface area contributed by atoms with Gasteiger partial charge in [-0.1, -0.05) is 46.9 Å². The van der Waals surface area contributed by atoms with E-state index >= 15 is 0 Å². The Morgan fingerprint density at radius 2 is 1.37 bits per heavy atom. The Balaban J connectivity index is 1.03. The van der Waals surface area contributed by atoms with Crippen LogP contribution in [0.4, 0.5) is 5.95 Å². The molecule has 0 atom stereocenters. The fourth-order valence-electron chi connectivity index (χ4n) is 4.68. The van der Waals surface area contributed by atoms with Gasteiger partial charge in [0.25, 0.3) is 5.95 Å². The molecule has 10 nitrogen and oxygen atoms in total. The molecule has 202 valence electrons. The van der Waals surface area contributed by atoms with Crippen molar-refractivity contribution in [3.8, 4) is 22.5 Å². The van der Waals surface area contributed by atoms with E-state index in [0.29, 0.717) is 10.7 Å². The molecular weight excluding hydrogens is 573 g/mol.